The number of nitrogens with two attached hydrogens (primary N) is 1. The normalized spacial score (nSPS) is 13.8. The van der Waals surface area contributed by atoms with Crippen LogP contribution in [0, 0.1) is 0 Å². The Balaban J connectivity index is 4.05. The monoisotopic (exact) mass is 279 g/mol. The second-order valence-electron chi connectivity index (χ2n) is 3.35. The van der Waals surface area contributed by atoms with Crippen LogP contribution in [0.2, 0.25) is 0 Å². The fraction of sp³-hybridized carbons (Fsp3) is 0.455. The van der Waals surface area contributed by atoms with Gasteiger partial charge in [-0.1, -0.05) is 36.4 Å². The minimum atomic E-state index is -3.82. The highest BCUT2D eigenvalue weighted by Gasteiger charge is 2.02. The SMILES string of the molecule is C=C/C(Cl)=C(\C=C/C)CCCCOS(N)(=O)=O. The fourth-order valence-electron chi connectivity index (χ4n) is 1.21. The Morgan fingerprint density at radius 2 is 2.12 bits per heavy atom. The first-order valence-electron chi connectivity index (χ1n) is 5.21. The largest absolute Gasteiger partial charge is 0.333 e. The number of hydrogen-bond donors (Lipinski definition) is 1. The van der Waals surface area contributed by atoms with Crippen molar-refractivity contribution in [1.82, 2.24) is 0 Å². The average Bonchev–Trinajstić information content (AvgIpc) is 2.24. The zero-order chi connectivity index (χ0) is 13.3. The van der Waals surface area contributed by atoms with Crippen LogP contribution in [0.1, 0.15) is 26.2 Å². The molecule has 6 heteroatoms. The molecule has 0 amide bonds. The lowest BCUT2D eigenvalue weighted by molar-refractivity contribution is 0.309. The van der Waals surface area contributed by atoms with Crippen LogP contribution in [0.25, 0.3) is 0 Å². The molecule has 0 fully saturated rings. The Labute approximate surface area is 108 Å². The van der Waals surface area contributed by atoms with Crippen LogP contribution in [0.15, 0.2) is 35.4 Å². The van der Waals surface area contributed by atoms with E-state index in [0.717, 1.165) is 18.4 Å². The van der Waals surface area contributed by atoms with Crippen LogP contribution in [-0.4, -0.2) is 15.0 Å². The maximum atomic E-state index is 10.5. The highest BCUT2D eigenvalue weighted by Crippen LogP contribution is 2.18. The van der Waals surface area contributed by atoms with Crippen molar-refractivity contribution in [2.45, 2.75) is 26.2 Å². The summed E-state index contributed by atoms with van der Waals surface area (Å²) in [4.78, 5) is 0. The minimum absolute atomic E-state index is 0.0909. The minimum Gasteiger partial charge on any atom is -0.258 e. The van der Waals surface area contributed by atoms with Crippen LogP contribution in [-0.2, 0) is 14.5 Å². The van der Waals surface area contributed by atoms with Gasteiger partial charge in [-0.25, -0.2) is 5.14 Å². The van der Waals surface area contributed by atoms with Crippen molar-refractivity contribution in [3.63, 3.8) is 0 Å². The molecular formula is C11H18ClNO3S. The van der Waals surface area contributed by atoms with Gasteiger partial charge in [0.15, 0.2) is 0 Å². The lowest BCUT2D eigenvalue weighted by atomic mass is 10.1. The highest BCUT2D eigenvalue weighted by molar-refractivity contribution is 7.84. The first-order chi connectivity index (χ1) is 7.90. The van der Waals surface area contributed by atoms with E-state index < -0.39 is 10.3 Å². The number of allylic oxidation sites excluding steroid dienone is 5. The molecular weight excluding hydrogens is 262 g/mol. The molecule has 0 aromatic carbocycles. The maximum Gasteiger partial charge on any atom is 0.333 e. The van der Waals surface area contributed by atoms with E-state index in [4.69, 9.17) is 16.7 Å². The van der Waals surface area contributed by atoms with E-state index in [9.17, 15) is 8.42 Å². The topological polar surface area (TPSA) is 69.4 Å². The predicted octanol–water partition coefficient (Wildman–Crippen LogP) is 2.63. The molecule has 0 aliphatic carbocycles. The van der Waals surface area contributed by atoms with Gasteiger partial charge in [-0.15, -0.1) is 0 Å². The fourth-order valence-corrected chi connectivity index (χ4v) is 1.71. The molecule has 0 aliphatic rings. The van der Waals surface area contributed by atoms with Gasteiger partial charge in [-0.05, 0) is 31.8 Å². The lowest BCUT2D eigenvalue weighted by Crippen LogP contribution is -2.16. The first kappa shape index (κ1) is 16.4. The number of rotatable bonds is 8. The molecule has 0 saturated carbocycles. The molecule has 4 nitrogen and oxygen atoms in total. The molecule has 0 radical (unpaired) electrons. The Kier molecular flexibility index (Phi) is 8.16. The van der Waals surface area contributed by atoms with Crippen LogP contribution in [0.3, 0.4) is 0 Å². The summed E-state index contributed by atoms with van der Waals surface area (Å²) in [5.74, 6) is 0. The predicted molar refractivity (Wildman–Crippen MR) is 70.8 cm³/mol. The summed E-state index contributed by atoms with van der Waals surface area (Å²) in [6.07, 6.45) is 7.48. The van der Waals surface area contributed by atoms with E-state index in [1.54, 1.807) is 6.08 Å². The van der Waals surface area contributed by atoms with Gasteiger partial charge in [0.05, 0.1) is 6.61 Å². The van der Waals surface area contributed by atoms with Crippen LogP contribution in [0.4, 0.5) is 0 Å². The van der Waals surface area contributed by atoms with Gasteiger partial charge in [0, 0.05) is 5.03 Å². The molecule has 0 bridgehead atoms. The smallest absolute Gasteiger partial charge is 0.258 e. The van der Waals surface area contributed by atoms with Crippen LogP contribution >= 0.6 is 11.6 Å². The number of hydrogen-bond acceptors (Lipinski definition) is 3. The van der Waals surface area contributed by atoms with Crippen molar-refractivity contribution in [2.24, 2.45) is 5.14 Å². The molecule has 0 atom stereocenters. The third kappa shape index (κ3) is 9.12. The second-order valence-corrected chi connectivity index (χ2v) is 4.98. The van der Waals surface area contributed by atoms with E-state index in [-0.39, 0.29) is 6.61 Å². The van der Waals surface area contributed by atoms with Crippen molar-refractivity contribution in [2.75, 3.05) is 6.61 Å². The lowest BCUT2D eigenvalue weighted by Gasteiger charge is -2.04. The molecule has 98 valence electrons. The van der Waals surface area contributed by atoms with E-state index in [1.165, 1.54) is 0 Å². The number of halogens is 1. The van der Waals surface area contributed by atoms with Gasteiger partial charge < -0.3 is 0 Å². The number of unbranched alkanes of at least 4 members (excludes halogenated alkanes) is 1. The van der Waals surface area contributed by atoms with Gasteiger partial charge in [0.2, 0.25) is 0 Å². The zero-order valence-electron chi connectivity index (χ0n) is 9.86. The van der Waals surface area contributed by atoms with Crippen LogP contribution in [0.5, 0.6) is 0 Å². The molecule has 17 heavy (non-hydrogen) atoms. The average molecular weight is 280 g/mol. The summed E-state index contributed by atoms with van der Waals surface area (Å²) in [6.45, 7) is 5.59. The van der Waals surface area contributed by atoms with E-state index in [0.29, 0.717) is 11.5 Å². The van der Waals surface area contributed by atoms with Crippen molar-refractivity contribution >= 4 is 21.9 Å². The van der Waals surface area contributed by atoms with Crippen molar-refractivity contribution in [3.8, 4) is 0 Å². The molecule has 0 spiro atoms. The molecule has 2 N–H and O–H groups in total. The Morgan fingerprint density at radius 1 is 1.47 bits per heavy atom. The first-order valence-corrected chi connectivity index (χ1v) is 7.06. The molecule has 0 rings (SSSR count). The summed E-state index contributed by atoms with van der Waals surface area (Å²) >= 11 is 5.96. The summed E-state index contributed by atoms with van der Waals surface area (Å²) in [5.41, 5.74) is 0.972. The van der Waals surface area contributed by atoms with E-state index in [2.05, 4.69) is 10.8 Å². The Bertz CT molecular complexity index is 399. The standard InChI is InChI=1S/C11H18ClNO3S/c1-3-7-10(11(12)4-2)8-5-6-9-16-17(13,14)15/h3-4,7H,2,5-6,8-9H2,1H3,(H2,13,14,15)/b7-3-,11-10-. The van der Waals surface area contributed by atoms with E-state index >= 15 is 0 Å². The van der Waals surface area contributed by atoms with Crippen molar-refractivity contribution in [1.29, 1.82) is 0 Å². The van der Waals surface area contributed by atoms with Gasteiger partial charge in [0.25, 0.3) is 0 Å². The third-order valence-corrected chi connectivity index (χ3v) is 2.83. The van der Waals surface area contributed by atoms with Crippen molar-refractivity contribution in [3.05, 3.63) is 35.4 Å². The molecule has 0 aromatic rings. The molecule has 0 aromatic heterocycles. The summed E-state index contributed by atoms with van der Waals surface area (Å²) in [5, 5.41) is 5.30. The van der Waals surface area contributed by atoms with Crippen molar-refractivity contribution < 1.29 is 12.6 Å². The second kappa shape index (κ2) is 8.47. The maximum absolute atomic E-state index is 10.5. The van der Waals surface area contributed by atoms with Gasteiger partial charge in [0.1, 0.15) is 0 Å². The summed E-state index contributed by atoms with van der Waals surface area (Å²) in [6, 6.07) is 0. The highest BCUT2D eigenvalue weighted by atomic mass is 35.5. The Hall–Kier alpha value is -0.620. The summed E-state index contributed by atoms with van der Waals surface area (Å²) in [7, 11) is -3.82. The van der Waals surface area contributed by atoms with Gasteiger partial charge in [-0.3, -0.25) is 4.18 Å². The molecule has 0 heterocycles. The van der Waals surface area contributed by atoms with Gasteiger partial charge >= 0.3 is 10.3 Å². The summed E-state index contributed by atoms with van der Waals surface area (Å²) < 4.78 is 25.4. The zero-order valence-corrected chi connectivity index (χ0v) is 11.4. The quantitative estimate of drug-likeness (QED) is 0.548. The molecule has 0 aliphatic heterocycles. The Morgan fingerprint density at radius 3 is 2.59 bits per heavy atom. The molecule has 0 saturated heterocycles. The van der Waals surface area contributed by atoms with Gasteiger partial charge in [-0.2, -0.15) is 8.42 Å². The third-order valence-electron chi connectivity index (χ3n) is 1.94. The van der Waals surface area contributed by atoms with E-state index in [1.807, 2.05) is 19.1 Å². The van der Waals surface area contributed by atoms with Crippen LogP contribution < -0.4 is 5.14 Å². The molecule has 0 unspecified atom stereocenters.